The van der Waals surface area contributed by atoms with Gasteiger partial charge in [-0.1, -0.05) is 32.8 Å². The van der Waals surface area contributed by atoms with Crippen LogP contribution in [0.2, 0.25) is 0 Å². The number of aliphatic hydroxyl groups excluding tert-OH is 1. The van der Waals surface area contributed by atoms with E-state index in [0.717, 1.165) is 45.3 Å². The Labute approximate surface area is 201 Å². The van der Waals surface area contributed by atoms with E-state index in [-0.39, 0.29) is 16.9 Å². The Morgan fingerprint density at radius 2 is 1.65 bits per heavy atom. The molecule has 1 atom stereocenters. The first-order valence-corrected chi connectivity index (χ1v) is 12.2. The number of aliphatic hydroxyl groups is 1. The number of pyridine rings is 1. The molecule has 1 aromatic heterocycles. The topological polar surface area (TPSA) is 73.7 Å². The van der Waals surface area contributed by atoms with Gasteiger partial charge in [0.2, 0.25) is 0 Å². The van der Waals surface area contributed by atoms with Gasteiger partial charge in [0.05, 0.1) is 11.3 Å². The van der Waals surface area contributed by atoms with Crippen LogP contribution in [-0.4, -0.2) is 57.8 Å². The van der Waals surface area contributed by atoms with Gasteiger partial charge in [-0.2, -0.15) is 0 Å². The molecule has 0 spiro atoms. The molecule has 0 saturated carbocycles. The van der Waals surface area contributed by atoms with Gasteiger partial charge in [-0.25, -0.2) is 4.39 Å². The van der Waals surface area contributed by atoms with E-state index in [4.69, 9.17) is 0 Å². The summed E-state index contributed by atoms with van der Waals surface area (Å²) < 4.78 is 13.4. The van der Waals surface area contributed by atoms with Crippen LogP contribution in [-0.2, 0) is 9.59 Å². The average molecular weight is 468 g/mol. The Morgan fingerprint density at radius 3 is 2.24 bits per heavy atom. The van der Waals surface area contributed by atoms with Crippen molar-refractivity contribution in [2.75, 3.05) is 26.2 Å². The van der Waals surface area contributed by atoms with Crippen molar-refractivity contribution >= 4 is 17.4 Å². The van der Waals surface area contributed by atoms with E-state index in [1.807, 2.05) is 0 Å². The van der Waals surface area contributed by atoms with E-state index in [1.54, 1.807) is 24.4 Å². The van der Waals surface area contributed by atoms with Crippen molar-refractivity contribution in [2.45, 2.75) is 52.0 Å². The molecule has 182 valence electrons. The highest BCUT2D eigenvalue weighted by atomic mass is 19.1. The average Bonchev–Trinajstić information content (AvgIpc) is 3.11. The maximum Gasteiger partial charge on any atom is 0.295 e. The zero-order chi connectivity index (χ0) is 24.5. The number of aromatic nitrogens is 1. The van der Waals surface area contributed by atoms with Crippen molar-refractivity contribution in [1.29, 1.82) is 0 Å². The van der Waals surface area contributed by atoms with E-state index in [1.165, 1.54) is 29.2 Å². The second kappa shape index (κ2) is 12.4. The van der Waals surface area contributed by atoms with Gasteiger partial charge in [-0.05, 0) is 75.3 Å². The van der Waals surface area contributed by atoms with Crippen molar-refractivity contribution in [1.82, 2.24) is 14.8 Å². The Hall–Kier alpha value is -3.06. The highest BCUT2D eigenvalue weighted by molar-refractivity contribution is 6.46. The number of unbranched alkanes of at least 4 members (excludes halogenated alkanes) is 2. The highest BCUT2D eigenvalue weighted by Gasteiger charge is 2.46. The Balaban J connectivity index is 1.87. The number of ketones is 1. The third-order valence-electron chi connectivity index (χ3n) is 6.15. The fourth-order valence-corrected chi connectivity index (χ4v) is 4.28. The van der Waals surface area contributed by atoms with Crippen LogP contribution < -0.4 is 0 Å². The summed E-state index contributed by atoms with van der Waals surface area (Å²) in [5.74, 6) is -2.16. The fourth-order valence-electron chi connectivity index (χ4n) is 4.28. The number of nitrogens with zero attached hydrogens (tertiary/aromatic N) is 3. The number of amides is 1. The number of hydrogen-bond acceptors (Lipinski definition) is 5. The third kappa shape index (κ3) is 6.08. The number of Topliss-reactive ketones (excluding diaryl/α,β-unsaturated/α-hetero) is 1. The molecule has 1 amide bonds. The summed E-state index contributed by atoms with van der Waals surface area (Å²) in [5, 5.41) is 11.0. The van der Waals surface area contributed by atoms with Crippen LogP contribution >= 0.6 is 0 Å². The van der Waals surface area contributed by atoms with E-state index in [0.29, 0.717) is 18.7 Å². The predicted octanol–water partition coefficient (Wildman–Crippen LogP) is 4.93. The molecule has 0 radical (unpaired) electrons. The molecule has 2 aromatic rings. The highest BCUT2D eigenvalue weighted by Crippen LogP contribution is 2.38. The summed E-state index contributed by atoms with van der Waals surface area (Å²) in [6.07, 6.45) is 6.81. The molecule has 0 aliphatic carbocycles. The van der Waals surface area contributed by atoms with Gasteiger partial charge in [0, 0.05) is 18.3 Å². The van der Waals surface area contributed by atoms with E-state index < -0.39 is 23.5 Å². The van der Waals surface area contributed by atoms with Gasteiger partial charge in [0.15, 0.2) is 0 Å². The number of carbonyl (C=O) groups excluding carboxylic acids is 2. The van der Waals surface area contributed by atoms with Crippen molar-refractivity contribution in [3.05, 3.63) is 71.3 Å². The number of likely N-dealkylation sites (tertiary alicyclic amines) is 1. The summed E-state index contributed by atoms with van der Waals surface area (Å²) in [4.78, 5) is 34.4. The van der Waals surface area contributed by atoms with Crippen LogP contribution in [0.1, 0.15) is 63.3 Å². The minimum Gasteiger partial charge on any atom is -0.507 e. The monoisotopic (exact) mass is 467 g/mol. The number of carbonyl (C=O) groups is 2. The van der Waals surface area contributed by atoms with Crippen LogP contribution in [0.15, 0.2) is 54.2 Å². The smallest absolute Gasteiger partial charge is 0.295 e. The third-order valence-corrected chi connectivity index (χ3v) is 6.15. The molecule has 2 heterocycles. The maximum absolute atomic E-state index is 13.4. The molecule has 1 N–H and O–H groups in total. The van der Waals surface area contributed by atoms with Gasteiger partial charge >= 0.3 is 0 Å². The molecule has 7 heteroatoms. The number of benzene rings is 1. The zero-order valence-corrected chi connectivity index (χ0v) is 20.0. The largest absolute Gasteiger partial charge is 0.507 e. The van der Waals surface area contributed by atoms with E-state index >= 15 is 0 Å². The van der Waals surface area contributed by atoms with Gasteiger partial charge in [0.25, 0.3) is 11.7 Å². The zero-order valence-electron chi connectivity index (χ0n) is 20.0. The van der Waals surface area contributed by atoms with Crippen molar-refractivity contribution < 1.29 is 19.1 Å². The summed E-state index contributed by atoms with van der Waals surface area (Å²) in [5.41, 5.74) is 0.786. The van der Waals surface area contributed by atoms with Crippen molar-refractivity contribution in [2.24, 2.45) is 0 Å². The first-order valence-electron chi connectivity index (χ1n) is 12.2. The lowest BCUT2D eigenvalue weighted by molar-refractivity contribution is -0.140. The molecule has 1 saturated heterocycles. The number of hydrogen-bond donors (Lipinski definition) is 1. The Kier molecular flexibility index (Phi) is 9.33. The van der Waals surface area contributed by atoms with E-state index in [2.05, 4.69) is 23.7 Å². The van der Waals surface area contributed by atoms with Crippen molar-refractivity contribution in [3.63, 3.8) is 0 Å². The predicted molar refractivity (Wildman–Crippen MR) is 131 cm³/mol. The lowest BCUT2D eigenvalue weighted by Crippen LogP contribution is -2.34. The van der Waals surface area contributed by atoms with Gasteiger partial charge in [-0.15, -0.1) is 0 Å². The first-order chi connectivity index (χ1) is 16.5. The first kappa shape index (κ1) is 25.6. The standard InChI is InChI=1S/C27H34FN3O3/c1-3-5-16-30(17-6-4-2)18-9-19-31-24(22-10-7-8-15-29-22)23(26(33)27(31)34)25(32)20-11-13-21(28)14-12-20/h7-8,10-15,24,32H,3-6,9,16-19H2,1-2H3/t24-/m1/s1. The molecule has 0 bridgehead atoms. The molecule has 1 fully saturated rings. The number of halogens is 1. The minimum absolute atomic E-state index is 0.0101. The summed E-state index contributed by atoms with van der Waals surface area (Å²) >= 11 is 0. The van der Waals surface area contributed by atoms with Gasteiger partial charge < -0.3 is 14.9 Å². The second-order valence-corrected chi connectivity index (χ2v) is 8.66. The molecular weight excluding hydrogens is 433 g/mol. The van der Waals surface area contributed by atoms with Crippen LogP contribution in [0.25, 0.3) is 5.76 Å². The minimum atomic E-state index is -0.786. The Morgan fingerprint density at radius 1 is 1.00 bits per heavy atom. The lowest BCUT2D eigenvalue weighted by atomic mass is 9.98. The summed E-state index contributed by atoms with van der Waals surface area (Å²) in [7, 11) is 0. The molecule has 1 aromatic carbocycles. The molecule has 3 rings (SSSR count). The molecule has 0 unspecified atom stereocenters. The molecular formula is C27H34FN3O3. The molecule has 34 heavy (non-hydrogen) atoms. The van der Waals surface area contributed by atoms with Gasteiger partial charge in [-0.3, -0.25) is 14.6 Å². The molecule has 1 aliphatic heterocycles. The molecule has 1 aliphatic rings. The lowest BCUT2D eigenvalue weighted by Gasteiger charge is -2.27. The van der Waals surface area contributed by atoms with Crippen LogP contribution in [0, 0.1) is 5.82 Å². The van der Waals surface area contributed by atoms with Crippen LogP contribution in [0.5, 0.6) is 0 Å². The van der Waals surface area contributed by atoms with Crippen molar-refractivity contribution in [3.8, 4) is 0 Å². The second-order valence-electron chi connectivity index (χ2n) is 8.66. The van der Waals surface area contributed by atoms with Gasteiger partial charge in [0.1, 0.15) is 17.6 Å². The van der Waals surface area contributed by atoms with E-state index in [9.17, 15) is 19.1 Å². The normalized spacial score (nSPS) is 17.6. The van der Waals surface area contributed by atoms with Crippen LogP contribution in [0.4, 0.5) is 4.39 Å². The summed E-state index contributed by atoms with van der Waals surface area (Å²) in [6, 6.07) is 9.72. The quantitative estimate of drug-likeness (QED) is 0.272. The Bertz CT molecular complexity index is 984. The van der Waals surface area contributed by atoms with Crippen LogP contribution in [0.3, 0.4) is 0 Å². The summed E-state index contributed by atoms with van der Waals surface area (Å²) in [6.45, 7) is 7.58. The molecule has 6 nitrogen and oxygen atoms in total. The number of rotatable bonds is 12. The SMILES string of the molecule is CCCCN(CCCC)CCCN1C(=O)C(=O)C(=C(O)c2ccc(F)cc2)[C@H]1c1ccccn1. The fraction of sp³-hybridized carbons (Fsp3) is 0.444. The maximum atomic E-state index is 13.4.